The fourth-order valence-electron chi connectivity index (χ4n) is 3.18. The standard InChI is InChI=1S/C20H19BrN2O/c21-17-12-19(22-18-9-5-4-8-16(17)18)20-14-23(10-11-24-20)13-15-6-2-1-3-7-15/h1-9,12,20H,10-11,13-14H2. The van der Waals surface area contributed by atoms with E-state index in [0.29, 0.717) is 0 Å². The van der Waals surface area contributed by atoms with Gasteiger partial charge in [-0.2, -0.15) is 0 Å². The van der Waals surface area contributed by atoms with Crippen molar-refractivity contribution < 1.29 is 4.74 Å². The van der Waals surface area contributed by atoms with Gasteiger partial charge in [-0.25, -0.2) is 4.98 Å². The van der Waals surface area contributed by atoms with Crippen molar-refractivity contribution in [1.29, 1.82) is 0 Å². The van der Waals surface area contributed by atoms with E-state index in [9.17, 15) is 0 Å². The second-order valence-electron chi connectivity index (χ2n) is 6.13. The number of nitrogens with zero attached hydrogens (tertiary/aromatic N) is 2. The van der Waals surface area contributed by atoms with Gasteiger partial charge in [0.15, 0.2) is 0 Å². The van der Waals surface area contributed by atoms with Crippen LogP contribution in [0, 0.1) is 0 Å². The average molecular weight is 383 g/mol. The first-order chi connectivity index (χ1) is 11.8. The minimum absolute atomic E-state index is 0.0170. The molecule has 24 heavy (non-hydrogen) atoms. The van der Waals surface area contributed by atoms with Gasteiger partial charge in [-0.3, -0.25) is 4.90 Å². The maximum Gasteiger partial charge on any atom is 0.112 e. The highest BCUT2D eigenvalue weighted by Crippen LogP contribution is 2.29. The van der Waals surface area contributed by atoms with E-state index in [-0.39, 0.29) is 6.10 Å². The van der Waals surface area contributed by atoms with Gasteiger partial charge in [-0.1, -0.05) is 64.5 Å². The van der Waals surface area contributed by atoms with E-state index in [4.69, 9.17) is 9.72 Å². The van der Waals surface area contributed by atoms with Crippen LogP contribution in [-0.2, 0) is 11.3 Å². The number of benzene rings is 2. The van der Waals surface area contributed by atoms with Crippen molar-refractivity contribution in [2.24, 2.45) is 0 Å². The SMILES string of the molecule is Brc1cc(C2CN(Cc3ccccc3)CCO2)nc2ccccc12. The van der Waals surface area contributed by atoms with Crippen LogP contribution < -0.4 is 0 Å². The lowest BCUT2D eigenvalue weighted by atomic mass is 10.1. The molecule has 0 N–H and O–H groups in total. The molecule has 1 fully saturated rings. The Balaban J connectivity index is 1.55. The Labute approximate surface area is 150 Å². The van der Waals surface area contributed by atoms with Gasteiger partial charge in [-0.15, -0.1) is 0 Å². The number of hydrogen-bond donors (Lipinski definition) is 0. The Bertz CT molecular complexity index is 837. The zero-order chi connectivity index (χ0) is 16.4. The second-order valence-corrected chi connectivity index (χ2v) is 6.98. The Morgan fingerprint density at radius 2 is 1.88 bits per heavy atom. The molecule has 2 heterocycles. The minimum Gasteiger partial charge on any atom is -0.369 e. The number of morpholine rings is 1. The number of fused-ring (bicyclic) bond motifs is 1. The summed E-state index contributed by atoms with van der Waals surface area (Å²) in [6, 6.07) is 20.9. The predicted molar refractivity (Wildman–Crippen MR) is 99.9 cm³/mol. The molecule has 3 nitrogen and oxygen atoms in total. The smallest absolute Gasteiger partial charge is 0.112 e. The van der Waals surface area contributed by atoms with Crippen LogP contribution in [0.5, 0.6) is 0 Å². The largest absolute Gasteiger partial charge is 0.369 e. The van der Waals surface area contributed by atoms with E-state index in [0.717, 1.165) is 47.3 Å². The fourth-order valence-corrected chi connectivity index (χ4v) is 3.75. The number of pyridine rings is 1. The fraction of sp³-hybridized carbons (Fsp3) is 0.250. The predicted octanol–water partition coefficient (Wildman–Crippen LogP) is 4.57. The molecule has 0 saturated carbocycles. The zero-order valence-electron chi connectivity index (χ0n) is 13.4. The molecule has 2 aromatic carbocycles. The van der Waals surface area contributed by atoms with E-state index in [1.807, 2.05) is 18.2 Å². The molecule has 1 aliphatic heterocycles. The molecule has 4 heteroatoms. The summed E-state index contributed by atoms with van der Waals surface area (Å²) in [7, 11) is 0. The van der Waals surface area contributed by atoms with Crippen molar-refractivity contribution in [3.63, 3.8) is 0 Å². The monoisotopic (exact) mass is 382 g/mol. The van der Waals surface area contributed by atoms with Crippen LogP contribution in [0.1, 0.15) is 17.4 Å². The van der Waals surface area contributed by atoms with Gasteiger partial charge >= 0.3 is 0 Å². The topological polar surface area (TPSA) is 25.4 Å². The Morgan fingerprint density at radius 1 is 1.08 bits per heavy atom. The molecule has 0 radical (unpaired) electrons. The summed E-state index contributed by atoms with van der Waals surface area (Å²) in [5, 5.41) is 1.14. The van der Waals surface area contributed by atoms with E-state index < -0.39 is 0 Å². The molecule has 0 spiro atoms. The zero-order valence-corrected chi connectivity index (χ0v) is 14.9. The van der Waals surface area contributed by atoms with Gasteiger partial charge in [-0.05, 0) is 17.7 Å². The minimum atomic E-state index is 0.0170. The highest BCUT2D eigenvalue weighted by Gasteiger charge is 2.23. The van der Waals surface area contributed by atoms with Gasteiger partial charge in [0.05, 0.1) is 17.8 Å². The van der Waals surface area contributed by atoms with Crippen LogP contribution in [0.3, 0.4) is 0 Å². The van der Waals surface area contributed by atoms with Gasteiger partial charge in [0.1, 0.15) is 6.10 Å². The highest BCUT2D eigenvalue weighted by molar-refractivity contribution is 9.10. The molecule has 1 aliphatic rings. The van der Waals surface area contributed by atoms with Crippen molar-refractivity contribution in [3.8, 4) is 0 Å². The van der Waals surface area contributed by atoms with E-state index >= 15 is 0 Å². The molecular weight excluding hydrogens is 364 g/mol. The summed E-state index contributed by atoms with van der Waals surface area (Å²) < 4.78 is 7.09. The maximum atomic E-state index is 6.01. The summed E-state index contributed by atoms with van der Waals surface area (Å²) in [4.78, 5) is 7.26. The molecule has 1 atom stereocenters. The molecule has 0 aliphatic carbocycles. The van der Waals surface area contributed by atoms with Gasteiger partial charge in [0.25, 0.3) is 0 Å². The third-order valence-electron chi connectivity index (χ3n) is 4.41. The number of para-hydroxylation sites is 1. The summed E-state index contributed by atoms with van der Waals surface area (Å²) in [6.45, 7) is 3.52. The summed E-state index contributed by atoms with van der Waals surface area (Å²) in [5.74, 6) is 0. The average Bonchev–Trinajstić information content (AvgIpc) is 2.63. The first-order valence-corrected chi connectivity index (χ1v) is 9.02. The van der Waals surface area contributed by atoms with Crippen LogP contribution in [0.2, 0.25) is 0 Å². The quantitative estimate of drug-likeness (QED) is 0.663. The Kier molecular flexibility index (Phi) is 4.60. The third kappa shape index (κ3) is 3.36. The van der Waals surface area contributed by atoms with Crippen molar-refractivity contribution in [1.82, 2.24) is 9.88 Å². The molecule has 1 unspecified atom stereocenters. The second kappa shape index (κ2) is 7.01. The summed E-state index contributed by atoms with van der Waals surface area (Å²) >= 11 is 3.67. The van der Waals surface area contributed by atoms with Crippen molar-refractivity contribution in [2.75, 3.05) is 19.7 Å². The first kappa shape index (κ1) is 15.8. The van der Waals surface area contributed by atoms with Crippen LogP contribution in [0.15, 0.2) is 65.1 Å². The van der Waals surface area contributed by atoms with Crippen LogP contribution in [0.4, 0.5) is 0 Å². The maximum absolute atomic E-state index is 6.01. The third-order valence-corrected chi connectivity index (χ3v) is 5.07. The van der Waals surface area contributed by atoms with Gasteiger partial charge in [0.2, 0.25) is 0 Å². The number of rotatable bonds is 3. The molecular formula is C20H19BrN2O. The van der Waals surface area contributed by atoms with Crippen molar-refractivity contribution >= 4 is 26.8 Å². The number of ether oxygens (including phenoxy) is 1. The van der Waals surface area contributed by atoms with Crippen LogP contribution >= 0.6 is 15.9 Å². The first-order valence-electron chi connectivity index (χ1n) is 8.23. The van der Waals surface area contributed by atoms with Gasteiger partial charge < -0.3 is 4.74 Å². The Hall–Kier alpha value is -1.75. The lowest BCUT2D eigenvalue weighted by Gasteiger charge is -2.32. The number of hydrogen-bond acceptors (Lipinski definition) is 3. The molecule has 1 aromatic heterocycles. The van der Waals surface area contributed by atoms with Crippen LogP contribution in [0.25, 0.3) is 10.9 Å². The van der Waals surface area contributed by atoms with E-state index in [1.54, 1.807) is 0 Å². The van der Waals surface area contributed by atoms with E-state index in [1.165, 1.54) is 5.56 Å². The molecule has 122 valence electrons. The van der Waals surface area contributed by atoms with Gasteiger partial charge in [0, 0.05) is 29.5 Å². The summed E-state index contributed by atoms with van der Waals surface area (Å²) in [5.41, 5.74) is 3.34. The molecule has 1 saturated heterocycles. The molecule has 3 aromatic rings. The summed E-state index contributed by atoms with van der Waals surface area (Å²) in [6.07, 6.45) is 0.0170. The number of halogens is 1. The lowest BCUT2D eigenvalue weighted by molar-refractivity contribution is -0.0348. The molecule has 0 bridgehead atoms. The molecule has 4 rings (SSSR count). The number of aromatic nitrogens is 1. The van der Waals surface area contributed by atoms with Crippen molar-refractivity contribution in [3.05, 3.63) is 76.4 Å². The molecule has 0 amide bonds. The lowest BCUT2D eigenvalue weighted by Crippen LogP contribution is -2.38. The highest BCUT2D eigenvalue weighted by atomic mass is 79.9. The van der Waals surface area contributed by atoms with E-state index in [2.05, 4.69) is 63.3 Å². The van der Waals surface area contributed by atoms with Crippen molar-refractivity contribution in [2.45, 2.75) is 12.6 Å². The van der Waals surface area contributed by atoms with Crippen LogP contribution in [-0.4, -0.2) is 29.6 Å². The normalized spacial score (nSPS) is 18.8. The Morgan fingerprint density at radius 3 is 2.75 bits per heavy atom.